The van der Waals surface area contributed by atoms with Gasteiger partial charge in [0.25, 0.3) is 0 Å². The molecule has 0 fully saturated rings. The SMILES string of the molecule is Cn1cc(-c2cnc3cnc(NC(=O)O)cc3c2)cn1. The average Bonchev–Trinajstić information content (AvgIpc) is 2.84. The molecular weight excluding hydrogens is 258 g/mol. The molecule has 3 aromatic heterocycles. The smallest absolute Gasteiger partial charge is 0.410 e. The monoisotopic (exact) mass is 269 g/mol. The Balaban J connectivity index is 2.06. The molecule has 3 rings (SSSR count). The summed E-state index contributed by atoms with van der Waals surface area (Å²) in [5.41, 5.74) is 2.57. The summed E-state index contributed by atoms with van der Waals surface area (Å²) in [7, 11) is 1.84. The molecule has 1 amide bonds. The largest absolute Gasteiger partial charge is 0.465 e. The van der Waals surface area contributed by atoms with Crippen LogP contribution in [0.25, 0.3) is 22.0 Å². The Morgan fingerprint density at radius 1 is 1.20 bits per heavy atom. The lowest BCUT2D eigenvalue weighted by atomic mass is 10.1. The van der Waals surface area contributed by atoms with Crippen LogP contribution >= 0.6 is 0 Å². The maximum atomic E-state index is 10.6. The number of rotatable bonds is 2. The number of pyridine rings is 2. The number of nitrogens with one attached hydrogen (secondary N) is 1. The van der Waals surface area contributed by atoms with Crippen LogP contribution in [-0.4, -0.2) is 30.9 Å². The quantitative estimate of drug-likeness (QED) is 0.743. The van der Waals surface area contributed by atoms with Crippen molar-refractivity contribution in [3.05, 3.63) is 36.9 Å². The van der Waals surface area contributed by atoms with Crippen molar-refractivity contribution in [1.82, 2.24) is 19.7 Å². The van der Waals surface area contributed by atoms with Crippen LogP contribution in [0.5, 0.6) is 0 Å². The summed E-state index contributed by atoms with van der Waals surface area (Å²) in [5, 5.41) is 15.8. The van der Waals surface area contributed by atoms with Crippen LogP contribution in [0.4, 0.5) is 10.6 Å². The predicted octanol–water partition coefficient (Wildman–Crippen LogP) is 2.12. The lowest BCUT2D eigenvalue weighted by molar-refractivity contribution is 0.209. The average molecular weight is 269 g/mol. The van der Waals surface area contributed by atoms with Crippen LogP contribution in [0.1, 0.15) is 0 Å². The predicted molar refractivity (Wildman–Crippen MR) is 73.4 cm³/mol. The number of fused-ring (bicyclic) bond motifs is 1. The molecule has 3 aromatic rings. The molecule has 0 bridgehead atoms. The molecule has 2 N–H and O–H groups in total. The number of aryl methyl sites for hydroxylation is 1. The van der Waals surface area contributed by atoms with E-state index in [-0.39, 0.29) is 5.82 Å². The Morgan fingerprint density at radius 3 is 2.75 bits per heavy atom. The van der Waals surface area contributed by atoms with Gasteiger partial charge in [0.15, 0.2) is 0 Å². The van der Waals surface area contributed by atoms with Crippen LogP contribution in [0.3, 0.4) is 0 Å². The van der Waals surface area contributed by atoms with E-state index < -0.39 is 6.09 Å². The minimum absolute atomic E-state index is 0.273. The summed E-state index contributed by atoms with van der Waals surface area (Å²) < 4.78 is 1.71. The number of aromatic nitrogens is 4. The summed E-state index contributed by atoms with van der Waals surface area (Å²) in [6, 6.07) is 3.57. The van der Waals surface area contributed by atoms with Gasteiger partial charge in [0.05, 0.1) is 17.9 Å². The van der Waals surface area contributed by atoms with Gasteiger partial charge in [-0.1, -0.05) is 0 Å². The van der Waals surface area contributed by atoms with E-state index in [0.29, 0.717) is 5.52 Å². The van der Waals surface area contributed by atoms with Crippen LogP contribution in [0, 0.1) is 0 Å². The number of hydrogen-bond donors (Lipinski definition) is 2. The molecule has 0 atom stereocenters. The van der Waals surface area contributed by atoms with Crippen LogP contribution in [0.15, 0.2) is 36.9 Å². The third kappa shape index (κ3) is 2.28. The first kappa shape index (κ1) is 12.1. The summed E-state index contributed by atoms with van der Waals surface area (Å²) in [4.78, 5) is 18.9. The van der Waals surface area contributed by atoms with Crippen molar-refractivity contribution < 1.29 is 9.90 Å². The third-order valence-electron chi connectivity index (χ3n) is 2.84. The maximum absolute atomic E-state index is 10.6. The van der Waals surface area contributed by atoms with E-state index in [1.165, 1.54) is 6.20 Å². The van der Waals surface area contributed by atoms with E-state index in [0.717, 1.165) is 16.5 Å². The van der Waals surface area contributed by atoms with Gasteiger partial charge in [-0.15, -0.1) is 0 Å². The van der Waals surface area contributed by atoms with E-state index >= 15 is 0 Å². The zero-order valence-electron chi connectivity index (χ0n) is 10.6. The highest BCUT2D eigenvalue weighted by Crippen LogP contribution is 2.23. The number of amides is 1. The molecule has 3 heterocycles. The number of nitrogens with zero attached hydrogens (tertiary/aromatic N) is 4. The van der Waals surface area contributed by atoms with Crippen LogP contribution in [-0.2, 0) is 7.05 Å². The molecule has 0 aromatic carbocycles. The van der Waals surface area contributed by atoms with E-state index in [2.05, 4.69) is 20.4 Å². The Morgan fingerprint density at radius 2 is 2.05 bits per heavy atom. The van der Waals surface area contributed by atoms with E-state index in [1.54, 1.807) is 23.1 Å². The second-order valence-electron chi connectivity index (χ2n) is 4.32. The van der Waals surface area contributed by atoms with Crippen molar-refractivity contribution in [3.63, 3.8) is 0 Å². The van der Waals surface area contributed by atoms with Gasteiger partial charge in [-0.2, -0.15) is 5.10 Å². The Bertz CT molecular complexity index is 796. The van der Waals surface area contributed by atoms with Gasteiger partial charge < -0.3 is 5.11 Å². The van der Waals surface area contributed by atoms with E-state index in [1.807, 2.05) is 19.3 Å². The van der Waals surface area contributed by atoms with Gasteiger partial charge in [-0.25, -0.2) is 9.78 Å². The first-order chi connectivity index (χ1) is 9.61. The van der Waals surface area contributed by atoms with Crippen molar-refractivity contribution in [2.24, 2.45) is 7.05 Å². The van der Waals surface area contributed by atoms with Gasteiger partial charge in [0.2, 0.25) is 0 Å². The van der Waals surface area contributed by atoms with Gasteiger partial charge in [-0.3, -0.25) is 15.0 Å². The standard InChI is InChI=1S/C13H11N5O2/c1-18-7-10(5-16-18)9-2-8-3-12(17-13(19)20)15-6-11(8)14-4-9/h2-7H,1H3,(H,15,17)(H,19,20). The highest BCUT2D eigenvalue weighted by molar-refractivity contribution is 5.88. The summed E-state index contributed by atoms with van der Waals surface area (Å²) in [6.07, 6.45) is 5.77. The molecular formula is C13H11N5O2. The van der Waals surface area contributed by atoms with Crippen LogP contribution in [0.2, 0.25) is 0 Å². The molecule has 20 heavy (non-hydrogen) atoms. The zero-order chi connectivity index (χ0) is 14.1. The van der Waals surface area contributed by atoms with Gasteiger partial charge in [-0.05, 0) is 12.1 Å². The lowest BCUT2D eigenvalue weighted by Crippen LogP contribution is -2.08. The molecule has 0 unspecified atom stereocenters. The molecule has 0 aliphatic heterocycles. The molecule has 0 radical (unpaired) electrons. The Hall–Kier alpha value is -2.96. The normalized spacial score (nSPS) is 10.7. The number of hydrogen-bond acceptors (Lipinski definition) is 4. The van der Waals surface area contributed by atoms with Gasteiger partial charge >= 0.3 is 6.09 Å². The molecule has 7 nitrogen and oxygen atoms in total. The topological polar surface area (TPSA) is 92.9 Å². The summed E-state index contributed by atoms with van der Waals surface area (Å²) >= 11 is 0. The van der Waals surface area contributed by atoms with Crippen molar-refractivity contribution >= 4 is 22.8 Å². The first-order valence-corrected chi connectivity index (χ1v) is 5.86. The first-order valence-electron chi connectivity index (χ1n) is 5.86. The second kappa shape index (κ2) is 4.61. The molecule has 7 heteroatoms. The Kier molecular flexibility index (Phi) is 2.79. The molecule has 0 saturated carbocycles. The molecule has 0 aliphatic carbocycles. The fourth-order valence-electron chi connectivity index (χ4n) is 1.94. The maximum Gasteiger partial charge on any atom is 0.410 e. The molecule has 0 aliphatic rings. The summed E-state index contributed by atoms with van der Waals surface area (Å²) in [5.74, 6) is 0.273. The van der Waals surface area contributed by atoms with Gasteiger partial charge in [0.1, 0.15) is 5.82 Å². The van der Waals surface area contributed by atoms with Crippen molar-refractivity contribution in [2.45, 2.75) is 0 Å². The molecule has 100 valence electrons. The zero-order valence-corrected chi connectivity index (χ0v) is 10.6. The van der Waals surface area contributed by atoms with Gasteiger partial charge in [0, 0.05) is 36.0 Å². The molecule has 0 saturated heterocycles. The molecule has 0 spiro atoms. The minimum Gasteiger partial charge on any atom is -0.465 e. The van der Waals surface area contributed by atoms with E-state index in [4.69, 9.17) is 5.11 Å². The van der Waals surface area contributed by atoms with E-state index in [9.17, 15) is 4.79 Å². The van der Waals surface area contributed by atoms with Crippen molar-refractivity contribution in [3.8, 4) is 11.1 Å². The Labute approximate surface area is 113 Å². The summed E-state index contributed by atoms with van der Waals surface area (Å²) in [6.45, 7) is 0. The fourth-order valence-corrected chi connectivity index (χ4v) is 1.94. The number of carbonyl (C=O) groups is 1. The number of carboxylic acid groups (broad SMARTS) is 1. The number of anilines is 1. The lowest BCUT2D eigenvalue weighted by Gasteiger charge is -2.03. The van der Waals surface area contributed by atoms with Crippen molar-refractivity contribution in [1.29, 1.82) is 0 Å². The fraction of sp³-hybridized carbons (Fsp3) is 0.0769. The minimum atomic E-state index is -1.15. The highest BCUT2D eigenvalue weighted by atomic mass is 16.4. The van der Waals surface area contributed by atoms with Crippen molar-refractivity contribution in [2.75, 3.05) is 5.32 Å². The van der Waals surface area contributed by atoms with Crippen LogP contribution < -0.4 is 5.32 Å². The third-order valence-corrected chi connectivity index (χ3v) is 2.84. The highest BCUT2D eigenvalue weighted by Gasteiger charge is 2.05. The second-order valence-corrected chi connectivity index (χ2v) is 4.32.